The first kappa shape index (κ1) is 21.8. The summed E-state index contributed by atoms with van der Waals surface area (Å²) in [7, 11) is 1.10. The van der Waals surface area contributed by atoms with Crippen LogP contribution in [0.5, 0.6) is 11.5 Å². The Bertz CT molecular complexity index is 1270. The van der Waals surface area contributed by atoms with Crippen LogP contribution in [-0.2, 0) is 16.9 Å². The van der Waals surface area contributed by atoms with Gasteiger partial charge in [0.15, 0.2) is 9.84 Å². The van der Waals surface area contributed by atoms with E-state index in [-0.39, 0.29) is 23.9 Å². The summed E-state index contributed by atoms with van der Waals surface area (Å²) < 4.78 is 50.7. The molecule has 0 bridgehead atoms. The fraction of sp³-hybridized carbons (Fsp3) is 0.273. The number of halogens is 1. The van der Waals surface area contributed by atoms with Gasteiger partial charge in [0, 0.05) is 25.7 Å². The van der Waals surface area contributed by atoms with Crippen molar-refractivity contribution < 1.29 is 27.1 Å². The van der Waals surface area contributed by atoms with Crippen molar-refractivity contribution in [3.05, 3.63) is 60.0 Å². The van der Waals surface area contributed by atoms with E-state index in [1.807, 2.05) is 0 Å². The molecule has 2 aromatic carbocycles. The molecule has 1 saturated heterocycles. The first-order valence-corrected chi connectivity index (χ1v) is 11.3. The van der Waals surface area contributed by atoms with E-state index in [1.54, 1.807) is 45.5 Å². The molecule has 4 rings (SSSR count). The molecule has 0 radical (unpaired) electrons. The third kappa shape index (κ3) is 3.81. The average Bonchev–Trinajstić information content (AvgIpc) is 3.13. The van der Waals surface area contributed by atoms with Crippen LogP contribution in [0.3, 0.4) is 0 Å². The van der Waals surface area contributed by atoms with Crippen molar-refractivity contribution in [3.8, 4) is 22.8 Å². The molecule has 0 spiro atoms. The molecule has 0 saturated carbocycles. The number of aromatic nitrogens is 2. The number of ether oxygens (including phenoxy) is 2. The molecule has 168 valence electrons. The van der Waals surface area contributed by atoms with Crippen molar-refractivity contribution >= 4 is 15.7 Å². The largest absolute Gasteiger partial charge is 0.497 e. The van der Waals surface area contributed by atoms with Crippen LogP contribution in [0.4, 0.5) is 4.39 Å². The fourth-order valence-electron chi connectivity index (χ4n) is 3.59. The molecule has 0 N–H and O–H groups in total. The second-order valence-electron chi connectivity index (χ2n) is 7.44. The zero-order valence-electron chi connectivity index (χ0n) is 17.8. The van der Waals surface area contributed by atoms with E-state index in [9.17, 15) is 17.6 Å². The number of nitrogens with zero attached hydrogens (tertiary/aromatic N) is 3. The van der Waals surface area contributed by atoms with Gasteiger partial charge in [-0.05, 0) is 48.5 Å². The molecule has 10 heteroatoms. The summed E-state index contributed by atoms with van der Waals surface area (Å²) in [6.07, 6.45) is 0. The molecule has 2 heterocycles. The number of methoxy groups -OCH3 is 2. The quantitative estimate of drug-likeness (QED) is 0.526. The second-order valence-corrected chi connectivity index (χ2v) is 9.66. The summed E-state index contributed by atoms with van der Waals surface area (Å²) in [5.41, 5.74) is 1.52. The maximum atomic E-state index is 13.1. The standard InChI is InChI=1S/C22H22FN3O5S/c1-25-20(11-19(24-25)18-10-15(30-2)6-9-21(18)31-3)22(27)26-12-17(13-26)32(28,29)16-7-4-14(23)5-8-16/h4-11,17H,12-13H2,1-3H3. The van der Waals surface area contributed by atoms with Crippen LogP contribution in [0, 0.1) is 5.82 Å². The lowest BCUT2D eigenvalue weighted by molar-refractivity contribution is 0.0647. The molecule has 3 aromatic rings. The molecule has 1 amide bonds. The first-order valence-electron chi connectivity index (χ1n) is 9.79. The number of hydrogen-bond acceptors (Lipinski definition) is 6. The Kier molecular flexibility index (Phi) is 5.64. The second kappa shape index (κ2) is 8.27. The molecule has 1 aromatic heterocycles. The number of rotatable bonds is 6. The third-order valence-electron chi connectivity index (χ3n) is 5.50. The highest BCUT2D eigenvalue weighted by Gasteiger charge is 2.41. The van der Waals surface area contributed by atoms with Crippen LogP contribution >= 0.6 is 0 Å². The van der Waals surface area contributed by atoms with Gasteiger partial charge in [0.25, 0.3) is 5.91 Å². The zero-order chi connectivity index (χ0) is 23.0. The van der Waals surface area contributed by atoms with Gasteiger partial charge in [0.2, 0.25) is 0 Å². The fourth-order valence-corrected chi connectivity index (χ4v) is 5.24. The minimum absolute atomic E-state index is 0.0453. The highest BCUT2D eigenvalue weighted by molar-refractivity contribution is 7.92. The van der Waals surface area contributed by atoms with Crippen LogP contribution < -0.4 is 9.47 Å². The summed E-state index contributed by atoms with van der Waals surface area (Å²) in [5.74, 6) is 0.376. The topological polar surface area (TPSA) is 90.7 Å². The Morgan fingerprint density at radius 1 is 1.06 bits per heavy atom. The van der Waals surface area contributed by atoms with Crippen LogP contribution in [0.2, 0.25) is 0 Å². The van der Waals surface area contributed by atoms with E-state index in [4.69, 9.17) is 9.47 Å². The lowest BCUT2D eigenvalue weighted by Gasteiger charge is -2.38. The highest BCUT2D eigenvalue weighted by atomic mass is 32.2. The lowest BCUT2D eigenvalue weighted by Crippen LogP contribution is -2.57. The van der Waals surface area contributed by atoms with Gasteiger partial charge >= 0.3 is 0 Å². The van der Waals surface area contributed by atoms with Gasteiger partial charge in [-0.1, -0.05) is 0 Å². The van der Waals surface area contributed by atoms with Crippen LogP contribution in [0.1, 0.15) is 10.5 Å². The SMILES string of the molecule is COc1ccc(OC)c(-c2cc(C(=O)N3CC(S(=O)(=O)c4ccc(F)cc4)C3)n(C)n2)c1. The minimum Gasteiger partial charge on any atom is -0.497 e. The van der Waals surface area contributed by atoms with E-state index in [0.29, 0.717) is 28.5 Å². The molecule has 8 nitrogen and oxygen atoms in total. The maximum absolute atomic E-state index is 13.1. The van der Waals surface area contributed by atoms with Gasteiger partial charge in [0.05, 0.1) is 24.8 Å². The molecule has 0 unspecified atom stereocenters. The third-order valence-corrected chi connectivity index (χ3v) is 7.60. The predicted molar refractivity (Wildman–Crippen MR) is 115 cm³/mol. The van der Waals surface area contributed by atoms with Crippen molar-refractivity contribution in [2.24, 2.45) is 7.05 Å². The van der Waals surface area contributed by atoms with Crippen LogP contribution in [-0.4, -0.2) is 61.6 Å². The van der Waals surface area contributed by atoms with Gasteiger partial charge in [-0.2, -0.15) is 5.10 Å². The van der Waals surface area contributed by atoms with Crippen molar-refractivity contribution in [3.63, 3.8) is 0 Å². The van der Waals surface area contributed by atoms with Gasteiger partial charge in [-0.3, -0.25) is 9.48 Å². The summed E-state index contributed by atoms with van der Waals surface area (Å²) in [6, 6.07) is 11.6. The van der Waals surface area contributed by atoms with Gasteiger partial charge in [-0.25, -0.2) is 12.8 Å². The number of aryl methyl sites for hydroxylation is 1. The average molecular weight is 459 g/mol. The van der Waals surface area contributed by atoms with Gasteiger partial charge in [0.1, 0.15) is 28.3 Å². The molecule has 1 aliphatic heterocycles. The van der Waals surface area contributed by atoms with Crippen molar-refractivity contribution in [2.75, 3.05) is 27.3 Å². The van der Waals surface area contributed by atoms with Crippen molar-refractivity contribution in [1.82, 2.24) is 14.7 Å². The Hall–Kier alpha value is -3.40. The normalized spacial score (nSPS) is 14.2. The van der Waals surface area contributed by atoms with Crippen LogP contribution in [0.15, 0.2) is 53.4 Å². The van der Waals surface area contributed by atoms with Gasteiger partial charge in [-0.15, -0.1) is 0 Å². The minimum atomic E-state index is -3.65. The number of amides is 1. The first-order chi connectivity index (χ1) is 15.2. The Balaban J connectivity index is 1.53. The van der Waals surface area contributed by atoms with E-state index in [2.05, 4.69) is 5.10 Å². The van der Waals surface area contributed by atoms with E-state index in [0.717, 1.165) is 12.1 Å². The molecule has 32 heavy (non-hydrogen) atoms. The number of carbonyl (C=O) groups excluding carboxylic acids is 1. The Morgan fingerprint density at radius 2 is 1.75 bits per heavy atom. The highest BCUT2D eigenvalue weighted by Crippen LogP contribution is 2.33. The number of hydrogen-bond donors (Lipinski definition) is 0. The Labute approximate surface area is 185 Å². The maximum Gasteiger partial charge on any atom is 0.272 e. The van der Waals surface area contributed by atoms with E-state index < -0.39 is 20.9 Å². The monoisotopic (exact) mass is 459 g/mol. The molecule has 0 aliphatic carbocycles. The number of benzene rings is 2. The molecular formula is C22H22FN3O5S. The molecule has 1 fully saturated rings. The van der Waals surface area contributed by atoms with Gasteiger partial charge < -0.3 is 14.4 Å². The molecular weight excluding hydrogens is 437 g/mol. The predicted octanol–water partition coefficient (Wildman–Crippen LogP) is 2.54. The summed E-state index contributed by atoms with van der Waals surface area (Å²) in [5, 5.41) is 3.70. The van der Waals surface area contributed by atoms with Crippen LogP contribution in [0.25, 0.3) is 11.3 Å². The number of carbonyl (C=O) groups is 1. The summed E-state index contributed by atoms with van der Waals surface area (Å²) in [4.78, 5) is 14.5. The summed E-state index contributed by atoms with van der Waals surface area (Å²) in [6.45, 7) is 0.114. The lowest BCUT2D eigenvalue weighted by atomic mass is 10.1. The Morgan fingerprint density at radius 3 is 2.38 bits per heavy atom. The summed E-state index contributed by atoms with van der Waals surface area (Å²) >= 11 is 0. The zero-order valence-corrected chi connectivity index (χ0v) is 18.6. The molecule has 0 atom stereocenters. The number of likely N-dealkylation sites (tertiary alicyclic amines) is 1. The number of sulfone groups is 1. The smallest absolute Gasteiger partial charge is 0.272 e. The van der Waals surface area contributed by atoms with Crippen molar-refractivity contribution in [2.45, 2.75) is 10.1 Å². The van der Waals surface area contributed by atoms with E-state index in [1.165, 1.54) is 21.7 Å². The van der Waals surface area contributed by atoms with Crippen molar-refractivity contribution in [1.29, 1.82) is 0 Å². The van der Waals surface area contributed by atoms with E-state index >= 15 is 0 Å². The molecule has 1 aliphatic rings.